The molecule has 0 atom stereocenters. The van der Waals surface area contributed by atoms with Gasteiger partial charge in [-0.05, 0) is 114 Å². The van der Waals surface area contributed by atoms with Gasteiger partial charge in [-0.15, -0.1) is 0 Å². The standard InChI is InChI=1S/2C18H25N2.C15H10.2ClH.Ru/c2*1-14-11-15(2)18(16(3)12-14)20-10-9-19(13-20)17-7-5-4-6-8-17;1-2-6-12(7-3-1)15-11-10-13-8-4-5-9-14(13)15;;;/h2*9-13,17H,4-8H2,1-3H3;1-9,11H;2*1H;/q2*-1;;;;+2/p-2. The van der Waals surface area contributed by atoms with Crippen molar-refractivity contribution in [2.24, 2.45) is 0 Å². The van der Waals surface area contributed by atoms with E-state index in [1.807, 2.05) is 24.3 Å². The molecule has 4 nitrogen and oxygen atoms in total. The minimum atomic E-state index is -1.88. The molecule has 0 aromatic heterocycles. The Morgan fingerprint density at radius 2 is 0.931 bits per heavy atom. The van der Waals surface area contributed by atoms with E-state index < -0.39 is 13.5 Å². The Labute approximate surface area is 362 Å². The minimum absolute atomic E-state index is 0.705. The van der Waals surface area contributed by atoms with Crippen LogP contribution in [0.3, 0.4) is 0 Å². The van der Waals surface area contributed by atoms with E-state index in [0.717, 1.165) is 4.11 Å². The second-order valence-electron chi connectivity index (χ2n) is 16.6. The van der Waals surface area contributed by atoms with Gasteiger partial charge in [0.1, 0.15) is 0 Å². The summed E-state index contributed by atoms with van der Waals surface area (Å²) in [5.74, 6) is 0. The number of nitrogens with zero attached hydrogens (tertiary/aromatic N) is 4. The van der Waals surface area contributed by atoms with Gasteiger partial charge in [-0.3, -0.25) is 0 Å². The summed E-state index contributed by atoms with van der Waals surface area (Å²) in [6, 6.07) is 29.2. The number of hydrogen-bond donors (Lipinski definition) is 0. The van der Waals surface area contributed by atoms with Gasteiger partial charge in [0, 0.05) is 23.5 Å². The van der Waals surface area contributed by atoms with Crippen LogP contribution in [0.25, 0.3) is 5.57 Å². The van der Waals surface area contributed by atoms with Gasteiger partial charge in [-0.25, -0.2) is 0 Å². The SMILES string of the molecule is Cc1cc(C)c(N2C=CN(C3CCCCC3)[CH-]2)c(C)c1.Cc1cc(C)c(N2C=CN(C3CCCCC3)[CH-]2)c(C)c1.[Cl][Ru]([Cl])=[C]1C=C(c2ccccc2)c2ccccc21. The summed E-state index contributed by atoms with van der Waals surface area (Å²) < 4.78 is 1.12. The van der Waals surface area contributed by atoms with Crippen molar-refractivity contribution in [3.05, 3.63) is 173 Å². The first-order valence-corrected chi connectivity index (χ1v) is 26.5. The van der Waals surface area contributed by atoms with E-state index >= 15 is 0 Å². The Hall–Kier alpha value is -3.63. The molecule has 9 rings (SSSR count). The fourth-order valence-corrected chi connectivity index (χ4v) is 12.0. The van der Waals surface area contributed by atoms with Gasteiger partial charge in [0.05, 0.1) is 0 Å². The van der Waals surface area contributed by atoms with Crippen molar-refractivity contribution in [3.63, 3.8) is 0 Å². The van der Waals surface area contributed by atoms with Gasteiger partial charge in [-0.1, -0.05) is 73.9 Å². The molecule has 4 aromatic rings. The summed E-state index contributed by atoms with van der Waals surface area (Å²) in [5.41, 5.74) is 15.6. The van der Waals surface area contributed by atoms with E-state index in [9.17, 15) is 0 Å². The molecule has 0 amide bonds. The molecule has 7 heteroatoms. The van der Waals surface area contributed by atoms with E-state index in [-0.39, 0.29) is 0 Å². The maximum absolute atomic E-state index is 6.19. The van der Waals surface area contributed by atoms with Crippen LogP contribution in [0.4, 0.5) is 11.4 Å². The molecular formula is C51H60Cl2N4Ru-2. The molecule has 0 bridgehead atoms. The summed E-state index contributed by atoms with van der Waals surface area (Å²) in [5, 5.41) is 0. The van der Waals surface area contributed by atoms with Crippen LogP contribution in [0, 0.1) is 54.9 Å². The second-order valence-corrected chi connectivity index (χ2v) is 22.4. The second kappa shape index (κ2) is 19.6. The van der Waals surface area contributed by atoms with Gasteiger partial charge in [0.2, 0.25) is 0 Å². The summed E-state index contributed by atoms with van der Waals surface area (Å²) in [6.07, 6.45) is 24.7. The number of halogens is 2. The van der Waals surface area contributed by atoms with E-state index in [1.54, 1.807) is 0 Å². The number of benzene rings is 4. The third kappa shape index (κ3) is 10.0. The van der Waals surface area contributed by atoms with Crippen LogP contribution in [0.5, 0.6) is 0 Å². The number of anilines is 2. The van der Waals surface area contributed by atoms with Crippen molar-refractivity contribution >= 4 is 40.4 Å². The van der Waals surface area contributed by atoms with Gasteiger partial charge in [0.25, 0.3) is 0 Å². The molecule has 5 aliphatic rings. The fraction of sp³-hybridized carbons (Fsp3) is 0.353. The maximum atomic E-state index is 6.19. The molecule has 308 valence electrons. The molecular weight excluding hydrogens is 841 g/mol. The monoisotopic (exact) mass is 900 g/mol. The number of aryl methyl sites for hydroxylation is 6. The molecule has 2 heterocycles. The van der Waals surface area contributed by atoms with E-state index in [0.29, 0.717) is 12.1 Å². The van der Waals surface area contributed by atoms with E-state index in [4.69, 9.17) is 19.4 Å². The zero-order chi connectivity index (χ0) is 40.8. The summed E-state index contributed by atoms with van der Waals surface area (Å²) in [4.78, 5) is 9.41. The number of rotatable bonds is 5. The van der Waals surface area contributed by atoms with Crippen molar-refractivity contribution in [1.82, 2.24) is 9.80 Å². The zero-order valence-electron chi connectivity index (χ0n) is 35.2. The summed E-state index contributed by atoms with van der Waals surface area (Å²) in [7, 11) is 12.4. The summed E-state index contributed by atoms with van der Waals surface area (Å²) >= 11 is -1.88. The number of fused-ring (bicyclic) bond motifs is 1. The van der Waals surface area contributed by atoms with Crippen LogP contribution in [0.2, 0.25) is 0 Å². The molecule has 0 radical (unpaired) electrons. The Kier molecular flexibility index (Phi) is 14.4. The molecule has 2 fully saturated rings. The van der Waals surface area contributed by atoms with E-state index in [2.05, 4.69) is 160 Å². The molecule has 0 spiro atoms. The Balaban J connectivity index is 0.000000133. The Bertz CT molecular complexity index is 2030. The molecule has 2 saturated carbocycles. The first kappa shape index (κ1) is 42.5. The molecule has 2 aliphatic heterocycles. The predicted molar refractivity (Wildman–Crippen MR) is 246 cm³/mol. The van der Waals surface area contributed by atoms with Crippen LogP contribution in [-0.4, -0.2) is 26.0 Å². The summed E-state index contributed by atoms with van der Waals surface area (Å²) in [6.45, 7) is 17.7. The van der Waals surface area contributed by atoms with Gasteiger partial charge in [0.15, 0.2) is 0 Å². The zero-order valence-corrected chi connectivity index (χ0v) is 38.4. The first-order chi connectivity index (χ1) is 28.1. The molecule has 0 unspecified atom stereocenters. The van der Waals surface area contributed by atoms with Crippen LogP contribution in [0.1, 0.15) is 114 Å². The van der Waals surface area contributed by atoms with Crippen molar-refractivity contribution < 1.29 is 13.5 Å². The van der Waals surface area contributed by atoms with Gasteiger partial charge < -0.3 is 19.6 Å². The van der Waals surface area contributed by atoms with Crippen molar-refractivity contribution in [1.29, 1.82) is 0 Å². The molecule has 58 heavy (non-hydrogen) atoms. The Morgan fingerprint density at radius 3 is 1.36 bits per heavy atom. The molecule has 0 saturated heterocycles. The van der Waals surface area contributed by atoms with Crippen LogP contribution >= 0.6 is 19.4 Å². The third-order valence-corrected chi connectivity index (χ3v) is 15.2. The fourth-order valence-electron chi connectivity index (χ4n) is 9.52. The number of hydrogen-bond acceptors (Lipinski definition) is 4. The van der Waals surface area contributed by atoms with Crippen molar-refractivity contribution in [3.8, 4) is 0 Å². The predicted octanol–water partition coefficient (Wildman–Crippen LogP) is 13.9. The number of allylic oxidation sites excluding steroid dienone is 1. The van der Waals surface area contributed by atoms with Gasteiger partial charge in [-0.2, -0.15) is 13.3 Å². The normalized spacial score (nSPS) is 18.2. The Morgan fingerprint density at radius 1 is 0.517 bits per heavy atom. The average molecular weight is 901 g/mol. The first-order valence-electron chi connectivity index (χ1n) is 21.1. The topological polar surface area (TPSA) is 13.0 Å². The van der Waals surface area contributed by atoms with E-state index in [1.165, 1.54) is 131 Å². The molecule has 0 N–H and O–H groups in total. The quantitative estimate of drug-likeness (QED) is 0.146. The van der Waals surface area contributed by atoms with Crippen molar-refractivity contribution in [2.45, 2.75) is 118 Å². The third-order valence-electron chi connectivity index (χ3n) is 12.1. The molecule has 3 aliphatic carbocycles. The van der Waals surface area contributed by atoms with Crippen LogP contribution < -0.4 is 9.80 Å². The van der Waals surface area contributed by atoms with Crippen LogP contribution in [0.15, 0.2) is 110 Å². The molecule has 4 aromatic carbocycles. The average Bonchev–Trinajstić information content (AvgIpc) is 3.99. The van der Waals surface area contributed by atoms with Crippen molar-refractivity contribution in [2.75, 3.05) is 9.80 Å². The van der Waals surface area contributed by atoms with Crippen LogP contribution in [-0.2, 0) is 13.5 Å². The van der Waals surface area contributed by atoms with Gasteiger partial charge >= 0.3 is 120 Å².